The van der Waals surface area contributed by atoms with Crippen molar-refractivity contribution in [1.29, 1.82) is 0 Å². The number of aromatic nitrogens is 2. The second kappa shape index (κ2) is 3.88. The largest absolute Gasteiger partial charge is 0.465 e. The summed E-state index contributed by atoms with van der Waals surface area (Å²) >= 11 is 0. The summed E-state index contributed by atoms with van der Waals surface area (Å²) < 4.78 is 17.6. The van der Waals surface area contributed by atoms with Gasteiger partial charge in [0.2, 0.25) is 0 Å². The first-order valence-corrected chi connectivity index (χ1v) is 3.66. The van der Waals surface area contributed by atoms with Gasteiger partial charge in [-0.25, -0.2) is 9.18 Å². The number of rotatable bonds is 3. The Bertz CT molecular complexity index is 311. The van der Waals surface area contributed by atoms with E-state index in [0.717, 1.165) is 0 Å². The lowest BCUT2D eigenvalue weighted by Crippen LogP contribution is -2.02. The number of alkyl halides is 1. The van der Waals surface area contributed by atoms with Gasteiger partial charge in [-0.2, -0.15) is 5.10 Å². The van der Waals surface area contributed by atoms with Crippen molar-refractivity contribution in [2.75, 3.05) is 19.5 Å². The molecule has 1 aromatic heterocycles. The molecule has 1 aromatic rings. The average Bonchev–Trinajstić information content (AvgIpc) is 2.46. The number of nitrogens with zero attached hydrogens (tertiary/aromatic N) is 2. The molecule has 2 N–H and O–H groups in total. The highest BCUT2D eigenvalue weighted by Crippen LogP contribution is 2.09. The third-order valence-corrected chi connectivity index (χ3v) is 1.51. The van der Waals surface area contributed by atoms with Gasteiger partial charge in [-0.15, -0.1) is 0 Å². The summed E-state index contributed by atoms with van der Waals surface area (Å²) in [6.07, 6.45) is 1.36. The van der Waals surface area contributed by atoms with Crippen LogP contribution in [0.15, 0.2) is 6.20 Å². The summed E-state index contributed by atoms with van der Waals surface area (Å²) in [7, 11) is 1.24. The van der Waals surface area contributed by atoms with E-state index in [1.165, 1.54) is 18.0 Å². The van der Waals surface area contributed by atoms with Crippen LogP contribution in [0.5, 0.6) is 0 Å². The summed E-state index contributed by atoms with van der Waals surface area (Å²) in [5.41, 5.74) is 5.56. The highest BCUT2D eigenvalue weighted by atomic mass is 19.1. The minimum atomic E-state index is -0.567. The van der Waals surface area contributed by atoms with Crippen molar-refractivity contribution in [3.8, 4) is 0 Å². The van der Waals surface area contributed by atoms with Gasteiger partial charge in [0.1, 0.15) is 12.2 Å². The molecule has 0 unspecified atom stereocenters. The van der Waals surface area contributed by atoms with Crippen LogP contribution >= 0.6 is 0 Å². The van der Waals surface area contributed by atoms with Crippen LogP contribution in [0.25, 0.3) is 0 Å². The lowest BCUT2D eigenvalue weighted by molar-refractivity contribution is 0.0601. The molecule has 0 saturated carbocycles. The predicted molar refractivity (Wildman–Crippen MR) is 44.0 cm³/mol. The van der Waals surface area contributed by atoms with Crippen LogP contribution in [-0.4, -0.2) is 29.5 Å². The Morgan fingerprint density at radius 1 is 1.85 bits per heavy atom. The van der Waals surface area contributed by atoms with Crippen LogP contribution in [0.4, 0.5) is 10.2 Å². The van der Waals surface area contributed by atoms with Crippen LogP contribution in [0.1, 0.15) is 10.4 Å². The molecule has 72 valence electrons. The molecule has 0 aliphatic rings. The first kappa shape index (κ1) is 9.50. The molecule has 6 heteroatoms. The van der Waals surface area contributed by atoms with E-state index in [4.69, 9.17) is 5.73 Å². The quantitative estimate of drug-likeness (QED) is 0.687. The van der Waals surface area contributed by atoms with Crippen molar-refractivity contribution in [2.24, 2.45) is 0 Å². The van der Waals surface area contributed by atoms with E-state index in [1.54, 1.807) is 0 Å². The maximum absolute atomic E-state index is 11.9. The monoisotopic (exact) mass is 187 g/mol. The molecule has 0 spiro atoms. The molecule has 0 radical (unpaired) electrons. The Hall–Kier alpha value is -1.59. The second-order valence-electron chi connectivity index (χ2n) is 2.37. The van der Waals surface area contributed by atoms with E-state index < -0.39 is 12.6 Å². The molecule has 0 fully saturated rings. The fraction of sp³-hybridized carbons (Fsp3) is 0.429. The van der Waals surface area contributed by atoms with Crippen molar-refractivity contribution in [3.63, 3.8) is 0 Å². The van der Waals surface area contributed by atoms with E-state index >= 15 is 0 Å². The highest BCUT2D eigenvalue weighted by molar-refractivity contribution is 5.93. The van der Waals surface area contributed by atoms with Gasteiger partial charge in [0.15, 0.2) is 5.82 Å². The maximum atomic E-state index is 11.9. The molecule has 0 bridgehead atoms. The molecular weight excluding hydrogens is 177 g/mol. The first-order chi connectivity index (χ1) is 6.19. The number of nitrogens with two attached hydrogens (primary N) is 1. The van der Waals surface area contributed by atoms with Crippen molar-refractivity contribution in [1.82, 2.24) is 9.78 Å². The van der Waals surface area contributed by atoms with Crippen LogP contribution in [0.3, 0.4) is 0 Å². The number of esters is 1. The third kappa shape index (κ3) is 1.95. The highest BCUT2D eigenvalue weighted by Gasteiger charge is 2.13. The minimum absolute atomic E-state index is 0.0558. The van der Waals surface area contributed by atoms with Crippen LogP contribution in [-0.2, 0) is 11.3 Å². The summed E-state index contributed by atoms with van der Waals surface area (Å²) in [6.45, 7) is -0.469. The number of anilines is 1. The minimum Gasteiger partial charge on any atom is -0.465 e. The number of carbonyl (C=O) groups excluding carboxylic acids is 1. The lowest BCUT2D eigenvalue weighted by Gasteiger charge is -1.93. The second-order valence-corrected chi connectivity index (χ2v) is 2.37. The zero-order valence-electron chi connectivity index (χ0n) is 7.16. The summed E-state index contributed by atoms with van der Waals surface area (Å²) in [4.78, 5) is 11.0. The van der Waals surface area contributed by atoms with Gasteiger partial charge in [-0.05, 0) is 0 Å². The molecule has 0 aromatic carbocycles. The third-order valence-electron chi connectivity index (χ3n) is 1.51. The zero-order chi connectivity index (χ0) is 9.84. The Balaban J connectivity index is 2.89. The molecule has 0 aliphatic carbocycles. The van der Waals surface area contributed by atoms with E-state index in [0.29, 0.717) is 0 Å². The normalized spacial score (nSPS) is 10.0. The SMILES string of the molecule is COC(=O)c1cn(CCF)nc1N. The van der Waals surface area contributed by atoms with Gasteiger partial charge in [-0.1, -0.05) is 0 Å². The molecule has 13 heavy (non-hydrogen) atoms. The Labute approximate surface area is 74.3 Å². The number of aryl methyl sites for hydroxylation is 1. The Morgan fingerprint density at radius 3 is 3.08 bits per heavy atom. The number of hydrogen-bond donors (Lipinski definition) is 1. The van der Waals surface area contributed by atoms with Gasteiger partial charge in [0, 0.05) is 6.20 Å². The number of carbonyl (C=O) groups is 1. The molecule has 0 saturated heterocycles. The summed E-state index contributed by atoms with van der Waals surface area (Å²) in [6, 6.07) is 0. The number of halogens is 1. The smallest absolute Gasteiger partial charge is 0.343 e. The average molecular weight is 187 g/mol. The standard InChI is InChI=1S/C7H10FN3O2/c1-13-7(12)5-4-11(3-2-8)10-6(5)9/h4H,2-3H2,1H3,(H2,9,10). The van der Waals surface area contributed by atoms with Gasteiger partial charge < -0.3 is 10.5 Å². The van der Waals surface area contributed by atoms with Crippen molar-refractivity contribution in [2.45, 2.75) is 6.54 Å². The number of ether oxygens (including phenoxy) is 1. The van der Waals surface area contributed by atoms with Crippen molar-refractivity contribution >= 4 is 11.8 Å². The van der Waals surface area contributed by atoms with Gasteiger partial charge in [0.25, 0.3) is 0 Å². The molecule has 5 nitrogen and oxygen atoms in total. The summed E-state index contributed by atoms with van der Waals surface area (Å²) in [5.74, 6) is -0.511. The van der Waals surface area contributed by atoms with Gasteiger partial charge in [-0.3, -0.25) is 4.68 Å². The molecular formula is C7H10FN3O2. The molecule has 0 atom stereocenters. The fourth-order valence-corrected chi connectivity index (χ4v) is 0.905. The topological polar surface area (TPSA) is 70.1 Å². The fourth-order valence-electron chi connectivity index (χ4n) is 0.905. The Kier molecular flexibility index (Phi) is 2.84. The first-order valence-electron chi connectivity index (χ1n) is 3.66. The lowest BCUT2D eigenvalue weighted by atomic mass is 10.3. The van der Waals surface area contributed by atoms with Gasteiger partial charge in [0.05, 0.1) is 13.7 Å². The molecule has 0 amide bonds. The van der Waals surface area contributed by atoms with Crippen LogP contribution in [0, 0.1) is 0 Å². The van der Waals surface area contributed by atoms with Gasteiger partial charge >= 0.3 is 5.97 Å². The van der Waals surface area contributed by atoms with E-state index in [9.17, 15) is 9.18 Å². The van der Waals surface area contributed by atoms with E-state index in [2.05, 4.69) is 9.84 Å². The predicted octanol–water partition coefficient (Wildman–Crippen LogP) is 0.221. The van der Waals surface area contributed by atoms with Crippen LogP contribution in [0.2, 0.25) is 0 Å². The van der Waals surface area contributed by atoms with E-state index in [1.807, 2.05) is 0 Å². The van der Waals surface area contributed by atoms with Crippen LogP contribution < -0.4 is 5.73 Å². The number of hydrogen-bond acceptors (Lipinski definition) is 4. The summed E-state index contributed by atoms with van der Waals surface area (Å²) in [5, 5.41) is 3.72. The van der Waals surface area contributed by atoms with Crippen molar-refractivity contribution in [3.05, 3.63) is 11.8 Å². The van der Waals surface area contributed by atoms with E-state index in [-0.39, 0.29) is 17.9 Å². The molecule has 1 rings (SSSR count). The number of nitrogen functional groups attached to an aromatic ring is 1. The van der Waals surface area contributed by atoms with Crippen molar-refractivity contribution < 1.29 is 13.9 Å². The Morgan fingerprint density at radius 2 is 2.54 bits per heavy atom. The maximum Gasteiger partial charge on any atom is 0.343 e. The number of methoxy groups -OCH3 is 1. The zero-order valence-corrected chi connectivity index (χ0v) is 7.16. The molecule has 1 heterocycles. The molecule has 0 aliphatic heterocycles.